The van der Waals surface area contributed by atoms with Gasteiger partial charge in [-0.1, -0.05) is 45.9 Å². The van der Waals surface area contributed by atoms with E-state index in [0.717, 1.165) is 11.2 Å². The van der Waals surface area contributed by atoms with Crippen LogP contribution in [0.1, 0.15) is 51.8 Å². The van der Waals surface area contributed by atoms with E-state index in [2.05, 4.69) is 63.3 Å². The summed E-state index contributed by atoms with van der Waals surface area (Å²) in [4.78, 5) is 0. The van der Waals surface area contributed by atoms with Crippen molar-refractivity contribution in [3.8, 4) is 0 Å². The molecule has 0 aliphatic rings. The van der Waals surface area contributed by atoms with Crippen molar-refractivity contribution in [2.75, 3.05) is 0 Å². The van der Waals surface area contributed by atoms with Gasteiger partial charge in [0.1, 0.15) is 0 Å². The normalized spacial score (nSPS) is 12.6. The van der Waals surface area contributed by atoms with Gasteiger partial charge in [-0.05, 0) is 17.5 Å². The van der Waals surface area contributed by atoms with Crippen LogP contribution in [0, 0.1) is 0 Å². The molecule has 2 aromatic rings. The van der Waals surface area contributed by atoms with Crippen LogP contribution in [0.5, 0.6) is 0 Å². The summed E-state index contributed by atoms with van der Waals surface area (Å²) in [5.74, 6) is 0.520. The number of rotatable bonds is 1. The van der Waals surface area contributed by atoms with E-state index in [-0.39, 0.29) is 5.41 Å². The van der Waals surface area contributed by atoms with Crippen molar-refractivity contribution in [1.82, 2.24) is 14.8 Å². The third-order valence-electron chi connectivity index (χ3n) is 2.81. The summed E-state index contributed by atoms with van der Waals surface area (Å²) in [7, 11) is 0. The van der Waals surface area contributed by atoms with Gasteiger partial charge in [0, 0.05) is 11.6 Å². The van der Waals surface area contributed by atoms with Crippen LogP contribution in [0.15, 0.2) is 18.3 Å². The zero-order valence-corrected chi connectivity index (χ0v) is 10.7. The Morgan fingerprint density at radius 2 is 1.88 bits per heavy atom. The first-order valence-corrected chi connectivity index (χ1v) is 5.75. The molecule has 0 aliphatic carbocycles. The predicted octanol–water partition coefficient (Wildman–Crippen LogP) is 3.15. The van der Waals surface area contributed by atoms with Gasteiger partial charge in [-0.15, -0.1) is 5.10 Å². The third kappa shape index (κ3) is 1.82. The molecule has 0 fully saturated rings. The zero-order valence-electron chi connectivity index (χ0n) is 10.7. The van der Waals surface area contributed by atoms with E-state index in [9.17, 15) is 0 Å². The van der Waals surface area contributed by atoms with Gasteiger partial charge in [0.05, 0.1) is 11.2 Å². The molecule has 0 amide bonds. The van der Waals surface area contributed by atoms with Crippen molar-refractivity contribution >= 4 is 5.52 Å². The Labute approximate surface area is 96.5 Å². The molecule has 0 bridgehead atoms. The highest BCUT2D eigenvalue weighted by Crippen LogP contribution is 2.25. The molecule has 0 N–H and O–H groups in total. The molecule has 16 heavy (non-hydrogen) atoms. The molecule has 0 spiro atoms. The summed E-state index contributed by atoms with van der Waals surface area (Å²) in [6.45, 7) is 10.8. The molecule has 3 nitrogen and oxygen atoms in total. The lowest BCUT2D eigenvalue weighted by molar-refractivity contribution is 0.571. The second-order valence-corrected chi connectivity index (χ2v) is 5.63. The molecule has 2 heterocycles. The predicted molar refractivity (Wildman–Crippen MR) is 65.8 cm³/mol. The maximum Gasteiger partial charge on any atom is 0.0958 e. The van der Waals surface area contributed by atoms with E-state index < -0.39 is 0 Å². The maximum absolute atomic E-state index is 4.28. The lowest BCUT2D eigenvalue weighted by Gasteiger charge is -2.14. The summed E-state index contributed by atoms with van der Waals surface area (Å²) >= 11 is 0. The first kappa shape index (κ1) is 11.1. The zero-order chi connectivity index (χ0) is 11.9. The highest BCUT2D eigenvalue weighted by atomic mass is 15.4. The van der Waals surface area contributed by atoms with Crippen LogP contribution in [0.2, 0.25) is 0 Å². The van der Waals surface area contributed by atoms with Crippen LogP contribution in [-0.2, 0) is 5.41 Å². The molecule has 0 atom stereocenters. The van der Waals surface area contributed by atoms with Crippen molar-refractivity contribution in [3.05, 3.63) is 29.6 Å². The Kier molecular flexibility index (Phi) is 2.49. The van der Waals surface area contributed by atoms with Crippen LogP contribution in [0.4, 0.5) is 0 Å². The van der Waals surface area contributed by atoms with Gasteiger partial charge in [-0.25, -0.2) is 4.52 Å². The van der Waals surface area contributed by atoms with Gasteiger partial charge >= 0.3 is 0 Å². The molecule has 0 unspecified atom stereocenters. The molecule has 0 saturated carbocycles. The molecule has 86 valence electrons. The van der Waals surface area contributed by atoms with Gasteiger partial charge in [-0.2, -0.15) is 0 Å². The minimum atomic E-state index is 0.0428. The van der Waals surface area contributed by atoms with E-state index in [1.807, 2.05) is 4.52 Å². The Morgan fingerprint density at radius 1 is 1.19 bits per heavy atom. The van der Waals surface area contributed by atoms with Gasteiger partial charge in [0.25, 0.3) is 0 Å². The van der Waals surface area contributed by atoms with E-state index in [4.69, 9.17) is 0 Å². The van der Waals surface area contributed by atoms with Crippen molar-refractivity contribution in [1.29, 1.82) is 0 Å². The number of nitrogens with zero attached hydrogens (tertiary/aromatic N) is 3. The molecular weight excluding hydrogens is 198 g/mol. The number of fused-ring (bicyclic) bond motifs is 1. The van der Waals surface area contributed by atoms with E-state index in [1.165, 1.54) is 5.56 Å². The summed E-state index contributed by atoms with van der Waals surface area (Å²) in [6, 6.07) is 4.29. The van der Waals surface area contributed by atoms with Crippen molar-refractivity contribution in [2.45, 2.75) is 46.0 Å². The fraction of sp³-hybridized carbons (Fsp3) is 0.538. The van der Waals surface area contributed by atoms with Crippen LogP contribution in [-0.4, -0.2) is 14.8 Å². The minimum absolute atomic E-state index is 0.0428. The molecule has 2 rings (SSSR count). The summed E-state index contributed by atoms with van der Waals surface area (Å²) in [5.41, 5.74) is 3.50. The second-order valence-electron chi connectivity index (χ2n) is 5.63. The fourth-order valence-corrected chi connectivity index (χ4v) is 1.79. The molecular formula is C13H19N3. The van der Waals surface area contributed by atoms with Crippen LogP contribution >= 0.6 is 0 Å². The van der Waals surface area contributed by atoms with Gasteiger partial charge in [0.15, 0.2) is 0 Å². The first-order valence-electron chi connectivity index (χ1n) is 5.75. The molecule has 0 aliphatic heterocycles. The SMILES string of the molecule is CC(C)c1ccc2c(C(C)(C)C)nnn2c1. The Morgan fingerprint density at radius 3 is 2.44 bits per heavy atom. The maximum atomic E-state index is 4.28. The Hall–Kier alpha value is -1.38. The lowest BCUT2D eigenvalue weighted by Crippen LogP contribution is -2.12. The number of hydrogen-bond donors (Lipinski definition) is 0. The highest BCUT2D eigenvalue weighted by Gasteiger charge is 2.20. The third-order valence-corrected chi connectivity index (χ3v) is 2.81. The topological polar surface area (TPSA) is 30.2 Å². The van der Waals surface area contributed by atoms with E-state index >= 15 is 0 Å². The van der Waals surface area contributed by atoms with Crippen molar-refractivity contribution < 1.29 is 0 Å². The lowest BCUT2D eigenvalue weighted by atomic mass is 9.91. The Bertz CT molecular complexity index is 503. The smallest absolute Gasteiger partial charge is 0.0958 e. The quantitative estimate of drug-likeness (QED) is 0.734. The first-order chi connectivity index (χ1) is 7.39. The summed E-state index contributed by atoms with van der Waals surface area (Å²) in [5, 5.41) is 8.47. The number of hydrogen-bond acceptors (Lipinski definition) is 2. The monoisotopic (exact) mass is 217 g/mol. The van der Waals surface area contributed by atoms with E-state index in [0.29, 0.717) is 5.92 Å². The molecule has 0 radical (unpaired) electrons. The Balaban J connectivity index is 2.59. The molecule has 0 saturated heterocycles. The second kappa shape index (κ2) is 3.58. The summed E-state index contributed by atoms with van der Waals surface area (Å²) < 4.78 is 1.88. The molecule has 2 aromatic heterocycles. The van der Waals surface area contributed by atoms with Crippen LogP contribution < -0.4 is 0 Å². The van der Waals surface area contributed by atoms with Crippen molar-refractivity contribution in [2.24, 2.45) is 0 Å². The average Bonchev–Trinajstić information content (AvgIpc) is 2.58. The highest BCUT2D eigenvalue weighted by molar-refractivity contribution is 5.54. The van der Waals surface area contributed by atoms with Gasteiger partial charge < -0.3 is 0 Å². The average molecular weight is 217 g/mol. The van der Waals surface area contributed by atoms with Gasteiger partial charge in [0.2, 0.25) is 0 Å². The largest absolute Gasteiger partial charge is 0.220 e. The standard InChI is InChI=1S/C13H19N3/c1-9(2)10-6-7-11-12(13(3,4)5)14-15-16(11)8-10/h6-9H,1-5H3. The van der Waals surface area contributed by atoms with E-state index in [1.54, 1.807) is 0 Å². The van der Waals surface area contributed by atoms with Gasteiger partial charge in [-0.3, -0.25) is 0 Å². The van der Waals surface area contributed by atoms with Crippen LogP contribution in [0.3, 0.4) is 0 Å². The molecule has 3 heteroatoms. The summed E-state index contributed by atoms with van der Waals surface area (Å²) in [6.07, 6.45) is 2.07. The number of aromatic nitrogens is 3. The number of pyridine rings is 1. The fourth-order valence-electron chi connectivity index (χ4n) is 1.79. The molecule has 0 aromatic carbocycles. The van der Waals surface area contributed by atoms with Crippen molar-refractivity contribution in [3.63, 3.8) is 0 Å². The minimum Gasteiger partial charge on any atom is -0.220 e. The van der Waals surface area contributed by atoms with Crippen LogP contribution in [0.25, 0.3) is 5.52 Å².